The van der Waals surface area contributed by atoms with Crippen LogP contribution in [0, 0.1) is 41.5 Å². The summed E-state index contributed by atoms with van der Waals surface area (Å²) in [6.45, 7) is 13.1. The minimum absolute atomic E-state index is 0.172. The minimum atomic E-state index is -0.826. The van der Waals surface area contributed by atoms with Crippen LogP contribution in [0.2, 0.25) is 11.5 Å². The van der Waals surface area contributed by atoms with E-state index in [4.69, 9.17) is 17.0 Å². The molecule has 0 aromatic heterocycles. The van der Waals surface area contributed by atoms with Gasteiger partial charge in [0.25, 0.3) is 0 Å². The van der Waals surface area contributed by atoms with Crippen LogP contribution in [0.1, 0.15) is 33.4 Å². The van der Waals surface area contributed by atoms with Gasteiger partial charge in [0.15, 0.2) is 0 Å². The van der Waals surface area contributed by atoms with Gasteiger partial charge in [-0.05, 0) is 0 Å². The summed E-state index contributed by atoms with van der Waals surface area (Å²) in [7, 11) is 9.87. The Morgan fingerprint density at radius 3 is 1.61 bits per heavy atom. The maximum absolute atomic E-state index is 4.93. The van der Waals surface area contributed by atoms with Crippen molar-refractivity contribution in [2.45, 2.75) is 53.1 Å². The maximum atomic E-state index is 4.93. The molecule has 23 heavy (non-hydrogen) atoms. The third kappa shape index (κ3) is 10.1. The first kappa shape index (κ1) is 26.5. The van der Waals surface area contributed by atoms with E-state index in [2.05, 4.69) is 65.5 Å². The molecule has 0 aliphatic heterocycles. The molecule has 0 aliphatic rings. The van der Waals surface area contributed by atoms with E-state index < -0.39 is 20.8 Å². The molecule has 0 saturated heterocycles. The van der Waals surface area contributed by atoms with E-state index in [1.165, 1.54) is 27.8 Å². The van der Waals surface area contributed by atoms with Crippen LogP contribution < -0.4 is 4.40 Å². The summed E-state index contributed by atoms with van der Waals surface area (Å²) in [4.78, 5) is 0. The van der Waals surface area contributed by atoms with E-state index in [0.29, 0.717) is 0 Å². The Balaban J connectivity index is 0. The zero-order valence-corrected chi connectivity index (χ0v) is 23.7. The molecule has 0 atom stereocenters. The van der Waals surface area contributed by atoms with Gasteiger partial charge in [-0.25, -0.2) is 0 Å². The summed E-state index contributed by atoms with van der Waals surface area (Å²) in [6, 6.07) is 6.67. The zero-order chi connectivity index (χ0) is 18.6. The Bertz CT molecular complexity index is 526. The van der Waals surface area contributed by atoms with Crippen molar-refractivity contribution in [3.8, 4) is 0 Å². The topological polar surface area (TPSA) is 0 Å². The fourth-order valence-corrected chi connectivity index (χ4v) is 3.94. The monoisotopic (exact) mass is 551 g/mol. The van der Waals surface area contributed by atoms with Gasteiger partial charge in [0, 0.05) is 0 Å². The molecular weight excluding hydrogens is 524 g/mol. The molecule has 0 amide bonds. The molecule has 0 heterocycles. The molecular formula is C18H27Cl2Ge2Zr. The molecule has 0 N–H and O–H groups in total. The van der Waals surface area contributed by atoms with E-state index in [0.717, 1.165) is 0 Å². The van der Waals surface area contributed by atoms with Gasteiger partial charge in [-0.1, -0.05) is 20.8 Å². The van der Waals surface area contributed by atoms with Gasteiger partial charge < -0.3 is 0 Å². The number of rotatable bonds is 1. The summed E-state index contributed by atoms with van der Waals surface area (Å²) in [6.07, 6.45) is 0. The van der Waals surface area contributed by atoms with Gasteiger partial charge in [-0.15, -0.1) is 0 Å². The molecule has 2 rings (SSSR count). The summed E-state index contributed by atoms with van der Waals surface area (Å²) < 4.78 is 1.63. The first-order chi connectivity index (χ1) is 10.8. The van der Waals surface area contributed by atoms with Crippen molar-refractivity contribution >= 4 is 53.4 Å². The quantitative estimate of drug-likeness (QED) is 0.320. The normalized spacial score (nSPS) is 8.65. The van der Waals surface area contributed by atoms with Gasteiger partial charge in [0.1, 0.15) is 0 Å². The van der Waals surface area contributed by atoms with E-state index >= 15 is 0 Å². The molecule has 0 nitrogen and oxygen atoms in total. The fourth-order valence-electron chi connectivity index (χ4n) is 2.00. The molecule has 0 fully saturated rings. The van der Waals surface area contributed by atoms with Crippen molar-refractivity contribution in [2.24, 2.45) is 0 Å². The van der Waals surface area contributed by atoms with Crippen molar-refractivity contribution in [1.29, 1.82) is 0 Å². The Morgan fingerprint density at radius 1 is 1.00 bits per heavy atom. The van der Waals surface area contributed by atoms with Gasteiger partial charge in [-0.2, -0.15) is 28.8 Å². The van der Waals surface area contributed by atoms with Crippen LogP contribution in [0.3, 0.4) is 0 Å². The Hall–Kier alpha value is 1.25. The van der Waals surface area contributed by atoms with Crippen LogP contribution in [0.4, 0.5) is 0 Å². The van der Waals surface area contributed by atoms with Crippen molar-refractivity contribution in [3.63, 3.8) is 0 Å². The van der Waals surface area contributed by atoms with Crippen LogP contribution >= 0.6 is 17.0 Å². The van der Waals surface area contributed by atoms with Gasteiger partial charge >= 0.3 is 129 Å². The Labute approximate surface area is 177 Å². The molecule has 125 valence electrons. The summed E-state index contributed by atoms with van der Waals surface area (Å²) in [5.41, 5.74) is 8.76. The van der Waals surface area contributed by atoms with Crippen LogP contribution in [-0.2, 0) is 20.8 Å². The SMILES string of the molecule is Cc1c[cH-]c(C)c1C.[CH3][Ge].[CH3][Ge][c-]1cc(C)c(C)c1C.[Cl][Zr+2][Cl]. The third-order valence-electron chi connectivity index (χ3n) is 3.95. The van der Waals surface area contributed by atoms with Gasteiger partial charge in [-0.3, -0.25) is 0 Å². The van der Waals surface area contributed by atoms with E-state index in [9.17, 15) is 0 Å². The average Bonchev–Trinajstić information content (AvgIpc) is 2.98. The number of hydrogen-bond donors (Lipinski definition) is 0. The van der Waals surface area contributed by atoms with E-state index in [1.54, 1.807) is 9.96 Å². The first-order valence-corrected chi connectivity index (χ1v) is 18.9. The fraction of sp³-hybridized carbons (Fsp3) is 0.444. The molecule has 0 saturated carbocycles. The summed E-state index contributed by atoms with van der Waals surface area (Å²) >= 11 is 1.35. The van der Waals surface area contributed by atoms with Crippen molar-refractivity contribution in [2.75, 3.05) is 0 Å². The third-order valence-corrected chi connectivity index (χ3v) is 6.17. The second-order valence-corrected chi connectivity index (χ2v) is 11.0. The van der Waals surface area contributed by atoms with Gasteiger partial charge in [0.05, 0.1) is 0 Å². The average molecular weight is 551 g/mol. The standard InChI is InChI=1S/C9H13Ge.C8H11.CH3Ge.2ClH.Zr/c1-6-5-9(10-4)8(3)7(6)2;1-6-4-5-7(2)8(6)3;1-2;;;/h5H,1-4H3;4-5H,1-3H3;1H3;2*1H;/q2*-1;;;;+4/p-2. The molecule has 2 aromatic rings. The number of halogens is 2. The Kier molecular flexibility index (Phi) is 17.8. The molecule has 2 aromatic carbocycles. The first-order valence-electron chi connectivity index (χ1n) is 7.37. The van der Waals surface area contributed by atoms with Gasteiger partial charge in [0.2, 0.25) is 0 Å². The predicted molar refractivity (Wildman–Crippen MR) is 107 cm³/mol. The van der Waals surface area contributed by atoms with Crippen molar-refractivity contribution in [3.05, 3.63) is 51.6 Å². The number of aryl methyl sites for hydroxylation is 3. The van der Waals surface area contributed by atoms with Crippen molar-refractivity contribution in [1.82, 2.24) is 0 Å². The second kappa shape index (κ2) is 15.5. The van der Waals surface area contributed by atoms with Crippen molar-refractivity contribution < 1.29 is 20.8 Å². The molecule has 5 heteroatoms. The predicted octanol–water partition coefficient (Wildman–Crippen LogP) is 5.62. The molecule has 0 unspecified atom stereocenters. The summed E-state index contributed by atoms with van der Waals surface area (Å²) in [5.74, 6) is 4.33. The van der Waals surface area contributed by atoms with Crippen LogP contribution in [0.5, 0.6) is 0 Å². The van der Waals surface area contributed by atoms with E-state index in [1.807, 2.05) is 22.3 Å². The molecule has 0 bridgehead atoms. The Morgan fingerprint density at radius 2 is 1.48 bits per heavy atom. The van der Waals surface area contributed by atoms with Crippen LogP contribution in [0.25, 0.3) is 0 Å². The molecule has 0 spiro atoms. The summed E-state index contributed by atoms with van der Waals surface area (Å²) in [5, 5.41) is 0. The zero-order valence-electron chi connectivity index (χ0n) is 15.5. The molecule has 5 radical (unpaired) electrons. The van der Waals surface area contributed by atoms with E-state index in [-0.39, 0.29) is 15.4 Å². The van der Waals surface area contributed by atoms with Crippen LogP contribution in [0.15, 0.2) is 18.2 Å². The van der Waals surface area contributed by atoms with Crippen LogP contribution in [-0.4, -0.2) is 31.9 Å². The second-order valence-electron chi connectivity index (χ2n) is 5.14. The molecule has 0 aliphatic carbocycles. The number of hydrogen-bond acceptors (Lipinski definition) is 0.